The van der Waals surface area contributed by atoms with Crippen molar-refractivity contribution in [3.05, 3.63) is 66.1 Å². The Balaban J connectivity index is 1.33. The third-order valence-electron chi connectivity index (χ3n) is 5.53. The summed E-state index contributed by atoms with van der Waals surface area (Å²) < 4.78 is 10.8. The lowest BCUT2D eigenvalue weighted by Crippen LogP contribution is -2.43. The van der Waals surface area contributed by atoms with Gasteiger partial charge in [-0.2, -0.15) is 0 Å². The van der Waals surface area contributed by atoms with Crippen molar-refractivity contribution >= 4 is 17.6 Å². The van der Waals surface area contributed by atoms with Crippen LogP contribution < -0.4 is 10.1 Å². The molecule has 152 valence electrons. The average molecular weight is 403 g/mol. The highest BCUT2D eigenvalue weighted by Gasteiger charge is 2.35. The van der Waals surface area contributed by atoms with Crippen molar-refractivity contribution in [3.63, 3.8) is 0 Å². The molecule has 0 aliphatic carbocycles. The molecule has 1 saturated heterocycles. The van der Waals surface area contributed by atoms with Crippen molar-refractivity contribution < 1.29 is 18.7 Å². The van der Waals surface area contributed by atoms with Crippen molar-refractivity contribution in [3.8, 4) is 17.0 Å². The zero-order chi connectivity index (χ0) is 20.5. The van der Waals surface area contributed by atoms with Gasteiger partial charge >= 0.3 is 0 Å². The molecular formula is C23H21N3O4. The highest BCUT2D eigenvalue weighted by atomic mass is 16.5. The molecule has 0 spiro atoms. The topological polar surface area (TPSA) is 84.7 Å². The maximum atomic E-state index is 12.9. The summed E-state index contributed by atoms with van der Waals surface area (Å²) in [5.41, 5.74) is 2.92. The Kier molecular flexibility index (Phi) is 4.71. The molecule has 0 unspecified atom stereocenters. The van der Waals surface area contributed by atoms with E-state index in [9.17, 15) is 9.59 Å². The second kappa shape index (κ2) is 7.67. The summed E-state index contributed by atoms with van der Waals surface area (Å²) in [7, 11) is 0. The second-order valence-corrected chi connectivity index (χ2v) is 7.45. The molecule has 7 nitrogen and oxygen atoms in total. The van der Waals surface area contributed by atoms with Gasteiger partial charge in [0.15, 0.2) is 5.76 Å². The molecule has 0 radical (unpaired) electrons. The quantitative estimate of drug-likeness (QED) is 0.721. The van der Waals surface area contributed by atoms with Gasteiger partial charge in [0.1, 0.15) is 17.6 Å². The van der Waals surface area contributed by atoms with E-state index in [1.54, 1.807) is 23.1 Å². The number of carbonyl (C=O) groups is 2. The fourth-order valence-corrected chi connectivity index (χ4v) is 4.04. The number of fused-ring (bicyclic) bond motifs is 1. The van der Waals surface area contributed by atoms with Gasteiger partial charge in [-0.15, -0.1) is 0 Å². The minimum atomic E-state index is -0.537. The summed E-state index contributed by atoms with van der Waals surface area (Å²) in [5, 5.41) is 2.88. The summed E-state index contributed by atoms with van der Waals surface area (Å²) in [5.74, 6) is 1.13. The zero-order valence-corrected chi connectivity index (χ0v) is 16.3. The lowest BCUT2D eigenvalue weighted by Gasteiger charge is -2.22. The van der Waals surface area contributed by atoms with Gasteiger partial charge in [0.2, 0.25) is 5.91 Å². The van der Waals surface area contributed by atoms with Crippen LogP contribution in [0.2, 0.25) is 0 Å². The van der Waals surface area contributed by atoms with Crippen molar-refractivity contribution in [1.82, 2.24) is 9.88 Å². The molecule has 2 aromatic heterocycles. The van der Waals surface area contributed by atoms with Gasteiger partial charge in [-0.25, -0.2) is 4.98 Å². The summed E-state index contributed by atoms with van der Waals surface area (Å²) in [6.07, 6.45) is 3.73. The monoisotopic (exact) mass is 403 g/mol. The van der Waals surface area contributed by atoms with E-state index in [1.807, 2.05) is 24.3 Å². The molecule has 2 amide bonds. The summed E-state index contributed by atoms with van der Waals surface area (Å²) >= 11 is 0. The van der Waals surface area contributed by atoms with Gasteiger partial charge in [-0.3, -0.25) is 9.59 Å². The predicted molar refractivity (Wildman–Crippen MR) is 110 cm³/mol. The standard InChI is InChI=1S/C23H21N3O4/c27-22(18-5-2-11-26(18)23(28)20-6-3-12-29-20)25-21-7-1-4-17(24-21)15-8-9-19-16(14-15)10-13-30-19/h1,3-4,6-9,12,14,18H,2,5,10-11,13H2,(H,24,25,27)/t18-/m0/s1. The molecule has 1 N–H and O–H groups in total. The molecule has 5 rings (SSSR count). The minimum absolute atomic E-state index is 0.237. The summed E-state index contributed by atoms with van der Waals surface area (Å²) in [4.78, 5) is 31.7. The number of hydrogen-bond donors (Lipinski definition) is 1. The van der Waals surface area contributed by atoms with Gasteiger partial charge in [0.05, 0.1) is 18.6 Å². The Morgan fingerprint density at radius 2 is 2.07 bits per heavy atom. The number of benzene rings is 1. The zero-order valence-electron chi connectivity index (χ0n) is 16.3. The third-order valence-corrected chi connectivity index (χ3v) is 5.53. The normalized spacial score (nSPS) is 17.5. The van der Waals surface area contributed by atoms with Crippen molar-refractivity contribution in [2.45, 2.75) is 25.3 Å². The highest BCUT2D eigenvalue weighted by Crippen LogP contribution is 2.30. The first-order valence-corrected chi connectivity index (χ1v) is 10.1. The number of rotatable bonds is 4. The molecule has 1 aromatic carbocycles. The summed E-state index contributed by atoms with van der Waals surface area (Å²) in [6.45, 7) is 1.24. The maximum Gasteiger partial charge on any atom is 0.290 e. The lowest BCUT2D eigenvalue weighted by molar-refractivity contribution is -0.119. The number of amides is 2. The molecule has 1 fully saturated rings. The number of hydrogen-bond acceptors (Lipinski definition) is 5. The smallest absolute Gasteiger partial charge is 0.290 e. The number of anilines is 1. The van der Waals surface area contributed by atoms with Crippen LogP contribution in [0.4, 0.5) is 5.82 Å². The number of carbonyl (C=O) groups excluding carboxylic acids is 2. The number of nitrogens with zero attached hydrogens (tertiary/aromatic N) is 2. The van der Waals surface area contributed by atoms with Gasteiger partial charge in [0.25, 0.3) is 5.91 Å². The highest BCUT2D eigenvalue weighted by molar-refractivity contribution is 6.00. The maximum absolute atomic E-state index is 12.9. The van der Waals surface area contributed by atoms with Crippen LogP contribution >= 0.6 is 0 Å². The van der Waals surface area contributed by atoms with Crippen LogP contribution in [0, 0.1) is 0 Å². The van der Waals surface area contributed by atoms with E-state index in [0.717, 1.165) is 29.8 Å². The molecular weight excluding hydrogens is 382 g/mol. The SMILES string of the molecule is O=C(Nc1cccc(-c2ccc3c(c2)CCO3)n1)[C@@H]1CCCN1C(=O)c1ccco1. The van der Waals surface area contributed by atoms with Crippen LogP contribution in [0.15, 0.2) is 59.2 Å². The molecule has 1 atom stereocenters. The van der Waals surface area contributed by atoms with Crippen molar-refractivity contribution in [2.75, 3.05) is 18.5 Å². The largest absolute Gasteiger partial charge is 0.493 e. The lowest BCUT2D eigenvalue weighted by atomic mass is 10.1. The van der Waals surface area contributed by atoms with E-state index < -0.39 is 6.04 Å². The van der Waals surface area contributed by atoms with Crippen molar-refractivity contribution in [1.29, 1.82) is 0 Å². The van der Waals surface area contributed by atoms with Crippen LogP contribution in [0.5, 0.6) is 5.75 Å². The number of likely N-dealkylation sites (tertiary alicyclic amines) is 1. The summed E-state index contributed by atoms with van der Waals surface area (Å²) in [6, 6.07) is 14.3. The van der Waals surface area contributed by atoms with Crippen LogP contribution in [0.25, 0.3) is 11.3 Å². The van der Waals surface area contributed by atoms with Crippen LogP contribution in [0.1, 0.15) is 29.0 Å². The number of aromatic nitrogens is 1. The number of furan rings is 1. The number of ether oxygens (including phenoxy) is 1. The molecule has 30 heavy (non-hydrogen) atoms. The van der Waals surface area contributed by atoms with E-state index in [2.05, 4.69) is 16.4 Å². The van der Waals surface area contributed by atoms with E-state index in [-0.39, 0.29) is 17.6 Å². The molecule has 7 heteroatoms. The third kappa shape index (κ3) is 3.43. The molecule has 3 aromatic rings. The fourth-order valence-electron chi connectivity index (χ4n) is 4.04. The molecule has 4 heterocycles. The van der Waals surface area contributed by atoms with E-state index in [1.165, 1.54) is 11.8 Å². The first-order chi connectivity index (χ1) is 14.7. The van der Waals surface area contributed by atoms with E-state index >= 15 is 0 Å². The van der Waals surface area contributed by atoms with Gasteiger partial charge in [-0.05, 0) is 60.9 Å². The first-order valence-electron chi connectivity index (χ1n) is 10.1. The Morgan fingerprint density at radius 3 is 2.93 bits per heavy atom. The van der Waals surface area contributed by atoms with Gasteiger partial charge in [0, 0.05) is 18.5 Å². The average Bonchev–Trinajstić information content (AvgIpc) is 3.54. The second-order valence-electron chi connectivity index (χ2n) is 7.45. The Bertz CT molecular complexity index is 1090. The van der Waals surface area contributed by atoms with Crippen LogP contribution in [0.3, 0.4) is 0 Å². The molecule has 2 aliphatic rings. The fraction of sp³-hybridized carbons (Fsp3) is 0.261. The minimum Gasteiger partial charge on any atom is -0.493 e. The molecule has 2 aliphatic heterocycles. The Hall–Kier alpha value is -3.61. The van der Waals surface area contributed by atoms with Crippen LogP contribution in [-0.2, 0) is 11.2 Å². The van der Waals surface area contributed by atoms with E-state index in [4.69, 9.17) is 9.15 Å². The molecule has 0 saturated carbocycles. The predicted octanol–water partition coefficient (Wildman–Crippen LogP) is 3.52. The van der Waals surface area contributed by atoms with Gasteiger partial charge in [-0.1, -0.05) is 6.07 Å². The Labute approximate surface area is 173 Å². The van der Waals surface area contributed by atoms with Crippen LogP contribution in [-0.4, -0.2) is 40.9 Å². The van der Waals surface area contributed by atoms with Crippen molar-refractivity contribution in [2.24, 2.45) is 0 Å². The van der Waals surface area contributed by atoms with Gasteiger partial charge < -0.3 is 19.4 Å². The molecule has 0 bridgehead atoms. The number of nitrogens with one attached hydrogen (secondary N) is 1. The first kappa shape index (κ1) is 18.4. The number of pyridine rings is 1. The van der Waals surface area contributed by atoms with E-state index in [0.29, 0.717) is 25.4 Å². The Morgan fingerprint density at radius 1 is 1.13 bits per heavy atom.